The van der Waals surface area contributed by atoms with E-state index in [1.54, 1.807) is 13.0 Å². The largest absolute Gasteiger partial charge is 1.00 e. The van der Waals surface area contributed by atoms with Gasteiger partial charge in [0.15, 0.2) is 0 Å². The molecule has 0 aliphatic carbocycles. The van der Waals surface area contributed by atoms with Crippen molar-refractivity contribution < 1.29 is 27.0 Å². The molecule has 1 atom stereocenters. The molecular formula is C15H22ClNO3. The molecule has 1 aromatic carbocycles. The predicted octanol–water partition coefficient (Wildman–Crippen LogP) is -1.26. The Morgan fingerprint density at radius 1 is 1.35 bits per heavy atom. The van der Waals surface area contributed by atoms with E-state index in [2.05, 4.69) is 0 Å². The summed E-state index contributed by atoms with van der Waals surface area (Å²) in [6.07, 6.45) is 2.26. The van der Waals surface area contributed by atoms with Crippen LogP contribution < -0.4 is 16.9 Å². The van der Waals surface area contributed by atoms with Crippen LogP contribution in [-0.2, 0) is 9.53 Å². The number of quaternary nitrogens is 1. The van der Waals surface area contributed by atoms with Gasteiger partial charge in [0.25, 0.3) is 0 Å². The first kappa shape index (κ1) is 18.6. The number of aliphatic hydroxyl groups is 1. The SMILES string of the molecule is CC=CC(=O)OCC(O)C[N+](C)(C)c1ccccc1.[Cl-]. The van der Waals surface area contributed by atoms with Gasteiger partial charge in [0, 0.05) is 6.08 Å². The number of likely N-dealkylation sites (N-methyl/N-ethyl adjacent to an activating group) is 1. The highest BCUT2D eigenvalue weighted by molar-refractivity contribution is 5.81. The van der Waals surface area contributed by atoms with Gasteiger partial charge in [0.1, 0.15) is 24.9 Å². The Kier molecular flexibility index (Phi) is 8.15. The van der Waals surface area contributed by atoms with Crippen molar-refractivity contribution in [3.05, 3.63) is 42.5 Å². The van der Waals surface area contributed by atoms with Gasteiger partial charge in [-0.25, -0.2) is 4.79 Å². The molecule has 4 nitrogen and oxygen atoms in total. The Morgan fingerprint density at radius 3 is 2.50 bits per heavy atom. The third kappa shape index (κ3) is 6.19. The lowest BCUT2D eigenvalue weighted by molar-refractivity contribution is -0.140. The maximum atomic E-state index is 11.2. The third-order valence-electron chi connectivity index (χ3n) is 2.84. The van der Waals surface area contributed by atoms with E-state index in [-0.39, 0.29) is 19.0 Å². The molecule has 0 amide bonds. The topological polar surface area (TPSA) is 46.5 Å². The number of halogens is 1. The fraction of sp³-hybridized carbons (Fsp3) is 0.400. The number of hydrogen-bond acceptors (Lipinski definition) is 3. The molecule has 1 aromatic rings. The monoisotopic (exact) mass is 299 g/mol. The van der Waals surface area contributed by atoms with Crippen LogP contribution in [0.1, 0.15) is 6.92 Å². The summed E-state index contributed by atoms with van der Waals surface area (Å²) in [7, 11) is 4.01. The Hall–Kier alpha value is -1.36. The summed E-state index contributed by atoms with van der Waals surface area (Å²) >= 11 is 0. The molecule has 0 aliphatic rings. The minimum atomic E-state index is -0.690. The van der Waals surface area contributed by atoms with Crippen molar-refractivity contribution in [2.24, 2.45) is 0 Å². The summed E-state index contributed by atoms with van der Waals surface area (Å²) in [6.45, 7) is 2.23. The van der Waals surface area contributed by atoms with Crippen molar-refractivity contribution in [1.29, 1.82) is 0 Å². The zero-order valence-corrected chi connectivity index (χ0v) is 12.9. The number of aliphatic hydroxyl groups excluding tert-OH is 1. The number of hydrogen-bond donors (Lipinski definition) is 1. The molecule has 112 valence electrons. The maximum absolute atomic E-state index is 11.2. The first-order valence-corrected chi connectivity index (χ1v) is 6.32. The van der Waals surface area contributed by atoms with Crippen LogP contribution >= 0.6 is 0 Å². The highest BCUT2D eigenvalue weighted by atomic mass is 35.5. The molecule has 0 heterocycles. The molecule has 1 N–H and O–H groups in total. The first-order valence-electron chi connectivity index (χ1n) is 6.32. The first-order chi connectivity index (χ1) is 8.95. The van der Waals surface area contributed by atoms with Gasteiger partial charge in [-0.2, -0.15) is 0 Å². The van der Waals surface area contributed by atoms with Crippen molar-refractivity contribution >= 4 is 11.7 Å². The maximum Gasteiger partial charge on any atom is 0.330 e. The number of allylic oxidation sites excluding steroid dienone is 1. The molecule has 1 unspecified atom stereocenters. The zero-order chi connectivity index (χ0) is 14.3. The fourth-order valence-corrected chi connectivity index (χ4v) is 1.88. The molecule has 0 fully saturated rings. The number of ether oxygens (including phenoxy) is 1. The van der Waals surface area contributed by atoms with Crippen LogP contribution in [0.2, 0.25) is 0 Å². The Labute approximate surface area is 126 Å². The van der Waals surface area contributed by atoms with Gasteiger partial charge < -0.3 is 22.3 Å². The summed E-state index contributed by atoms with van der Waals surface area (Å²) < 4.78 is 5.47. The molecule has 0 saturated heterocycles. The number of rotatable bonds is 6. The molecule has 0 spiro atoms. The second-order valence-corrected chi connectivity index (χ2v) is 4.99. The van der Waals surface area contributed by atoms with E-state index in [1.807, 2.05) is 44.4 Å². The van der Waals surface area contributed by atoms with E-state index < -0.39 is 12.1 Å². The van der Waals surface area contributed by atoms with Gasteiger partial charge in [0.2, 0.25) is 0 Å². The van der Waals surface area contributed by atoms with Crippen LogP contribution in [0.15, 0.2) is 42.5 Å². The average Bonchev–Trinajstić information content (AvgIpc) is 2.37. The lowest BCUT2D eigenvalue weighted by Gasteiger charge is -2.31. The minimum absolute atomic E-state index is 0. The van der Waals surface area contributed by atoms with E-state index in [1.165, 1.54) is 6.08 Å². The quantitative estimate of drug-likeness (QED) is 0.405. The van der Waals surface area contributed by atoms with Gasteiger partial charge in [-0.15, -0.1) is 0 Å². The molecule has 0 saturated carbocycles. The Morgan fingerprint density at radius 2 is 1.95 bits per heavy atom. The number of para-hydroxylation sites is 1. The number of benzene rings is 1. The van der Waals surface area contributed by atoms with Gasteiger partial charge in [-0.3, -0.25) is 4.48 Å². The summed E-state index contributed by atoms with van der Waals surface area (Å²) in [5.74, 6) is -0.424. The Balaban J connectivity index is 0.00000361. The van der Waals surface area contributed by atoms with Crippen LogP contribution in [-0.4, -0.2) is 44.4 Å². The second kappa shape index (κ2) is 8.74. The molecular weight excluding hydrogens is 278 g/mol. The molecule has 5 heteroatoms. The highest BCUT2D eigenvalue weighted by Crippen LogP contribution is 2.18. The molecule has 20 heavy (non-hydrogen) atoms. The number of carbonyl (C=O) groups is 1. The van der Waals surface area contributed by atoms with E-state index in [0.29, 0.717) is 11.0 Å². The van der Waals surface area contributed by atoms with Crippen LogP contribution in [0, 0.1) is 0 Å². The molecule has 0 radical (unpaired) electrons. The molecule has 0 bridgehead atoms. The standard InChI is InChI=1S/C15H22NO3.ClH/c1-4-8-15(18)19-12-14(17)11-16(2,3)13-9-6-5-7-10-13;/h4-10,14,17H,11-12H2,1-3H3;1H/q+1;/p-1. The van der Waals surface area contributed by atoms with Gasteiger partial charge in [0.05, 0.1) is 14.1 Å². The van der Waals surface area contributed by atoms with E-state index in [9.17, 15) is 9.90 Å². The number of nitrogens with zero attached hydrogens (tertiary/aromatic N) is 1. The van der Waals surface area contributed by atoms with Gasteiger partial charge in [-0.1, -0.05) is 24.3 Å². The fourth-order valence-electron chi connectivity index (χ4n) is 1.88. The summed E-state index contributed by atoms with van der Waals surface area (Å²) in [4.78, 5) is 11.2. The number of carbonyl (C=O) groups excluding carboxylic acids is 1. The van der Waals surface area contributed by atoms with E-state index in [0.717, 1.165) is 5.69 Å². The lowest BCUT2D eigenvalue weighted by Crippen LogP contribution is -3.00. The highest BCUT2D eigenvalue weighted by Gasteiger charge is 2.23. The summed E-state index contributed by atoms with van der Waals surface area (Å²) in [5.41, 5.74) is 1.10. The normalized spacial score (nSPS) is 12.8. The van der Waals surface area contributed by atoms with Gasteiger partial charge in [-0.05, 0) is 19.1 Å². The van der Waals surface area contributed by atoms with Crippen LogP contribution in [0.4, 0.5) is 5.69 Å². The van der Waals surface area contributed by atoms with Crippen LogP contribution in [0.25, 0.3) is 0 Å². The van der Waals surface area contributed by atoms with Crippen LogP contribution in [0.5, 0.6) is 0 Å². The van der Waals surface area contributed by atoms with Crippen molar-refractivity contribution in [1.82, 2.24) is 4.48 Å². The predicted molar refractivity (Wildman–Crippen MR) is 76.7 cm³/mol. The van der Waals surface area contributed by atoms with Crippen molar-refractivity contribution in [2.75, 3.05) is 27.2 Å². The summed E-state index contributed by atoms with van der Waals surface area (Å²) in [6, 6.07) is 9.91. The lowest BCUT2D eigenvalue weighted by atomic mass is 10.2. The zero-order valence-electron chi connectivity index (χ0n) is 12.1. The van der Waals surface area contributed by atoms with E-state index in [4.69, 9.17) is 4.74 Å². The van der Waals surface area contributed by atoms with Crippen molar-refractivity contribution in [3.8, 4) is 0 Å². The summed E-state index contributed by atoms with van der Waals surface area (Å²) in [5, 5.41) is 9.95. The molecule has 1 rings (SSSR count). The second-order valence-electron chi connectivity index (χ2n) is 4.99. The minimum Gasteiger partial charge on any atom is -1.00 e. The van der Waals surface area contributed by atoms with Crippen molar-refractivity contribution in [2.45, 2.75) is 13.0 Å². The average molecular weight is 300 g/mol. The molecule has 0 aromatic heterocycles. The Bertz CT molecular complexity index is 432. The van der Waals surface area contributed by atoms with E-state index >= 15 is 0 Å². The number of esters is 1. The third-order valence-corrected chi connectivity index (χ3v) is 2.84. The van der Waals surface area contributed by atoms with Gasteiger partial charge >= 0.3 is 5.97 Å². The van der Waals surface area contributed by atoms with Crippen molar-refractivity contribution in [3.63, 3.8) is 0 Å². The molecule has 0 aliphatic heterocycles. The smallest absolute Gasteiger partial charge is 0.330 e. The van der Waals surface area contributed by atoms with Crippen LogP contribution in [0.3, 0.4) is 0 Å².